The van der Waals surface area contributed by atoms with E-state index in [4.69, 9.17) is 5.11 Å². The minimum atomic E-state index is -0.121. The first-order chi connectivity index (χ1) is 6.72. The van der Waals surface area contributed by atoms with Gasteiger partial charge in [-0.05, 0) is 38.8 Å². The molecule has 4 nitrogen and oxygen atoms in total. The van der Waals surface area contributed by atoms with Gasteiger partial charge in [-0.1, -0.05) is 0 Å². The predicted octanol–water partition coefficient (Wildman–Crippen LogP) is -0.127. The molecule has 0 bridgehead atoms. The van der Waals surface area contributed by atoms with Crippen molar-refractivity contribution in [1.29, 1.82) is 0 Å². The Morgan fingerprint density at radius 1 is 1.57 bits per heavy atom. The zero-order chi connectivity index (χ0) is 10.4. The highest BCUT2D eigenvalue weighted by atomic mass is 16.3. The number of hydrogen-bond acceptors (Lipinski definition) is 3. The van der Waals surface area contributed by atoms with Gasteiger partial charge in [-0.25, -0.2) is 0 Å². The van der Waals surface area contributed by atoms with Gasteiger partial charge in [0.1, 0.15) is 0 Å². The number of carbonyl (C=O) groups is 1. The van der Waals surface area contributed by atoms with Crippen molar-refractivity contribution in [3.8, 4) is 0 Å². The normalized spacial score (nSPS) is 20.4. The van der Waals surface area contributed by atoms with E-state index in [0.717, 1.165) is 25.9 Å². The van der Waals surface area contributed by atoms with E-state index in [0.29, 0.717) is 12.3 Å². The maximum absolute atomic E-state index is 11.4. The van der Waals surface area contributed by atoms with Crippen molar-refractivity contribution in [3.05, 3.63) is 0 Å². The second-order valence-corrected chi connectivity index (χ2v) is 4.05. The maximum atomic E-state index is 11.4. The van der Waals surface area contributed by atoms with E-state index in [1.165, 1.54) is 0 Å². The number of aliphatic hydroxyl groups is 1. The van der Waals surface area contributed by atoms with Crippen LogP contribution in [-0.2, 0) is 4.79 Å². The fourth-order valence-corrected chi connectivity index (χ4v) is 1.73. The van der Waals surface area contributed by atoms with E-state index in [1.54, 1.807) is 6.92 Å². The molecular weight excluding hydrogens is 180 g/mol. The van der Waals surface area contributed by atoms with Crippen molar-refractivity contribution < 1.29 is 9.90 Å². The lowest BCUT2D eigenvalue weighted by Crippen LogP contribution is -2.37. The lowest BCUT2D eigenvalue weighted by atomic mass is 9.94. The molecule has 1 aliphatic heterocycles. The molecule has 3 N–H and O–H groups in total. The summed E-state index contributed by atoms with van der Waals surface area (Å²) in [5.41, 5.74) is 0. The summed E-state index contributed by atoms with van der Waals surface area (Å²) in [6.45, 7) is 3.86. The average molecular weight is 200 g/mol. The van der Waals surface area contributed by atoms with Crippen LogP contribution in [0.15, 0.2) is 0 Å². The Kier molecular flexibility index (Phi) is 4.90. The lowest BCUT2D eigenvalue weighted by Gasteiger charge is -2.22. The van der Waals surface area contributed by atoms with Crippen molar-refractivity contribution in [2.75, 3.05) is 19.7 Å². The first-order valence-corrected chi connectivity index (χ1v) is 5.33. The van der Waals surface area contributed by atoms with E-state index >= 15 is 0 Å². The van der Waals surface area contributed by atoms with Crippen LogP contribution in [-0.4, -0.2) is 36.8 Å². The van der Waals surface area contributed by atoms with Gasteiger partial charge < -0.3 is 15.7 Å². The third kappa shape index (κ3) is 4.07. The molecule has 0 aliphatic carbocycles. The summed E-state index contributed by atoms with van der Waals surface area (Å²) in [4.78, 5) is 11.4. The molecular formula is C10H20N2O2. The number of hydrogen-bond donors (Lipinski definition) is 3. The third-order valence-corrected chi connectivity index (χ3v) is 2.61. The van der Waals surface area contributed by atoms with Crippen molar-refractivity contribution in [2.45, 2.75) is 32.2 Å². The highest BCUT2D eigenvalue weighted by Gasteiger charge is 2.17. The molecule has 1 amide bonds. The van der Waals surface area contributed by atoms with Crippen LogP contribution in [0.2, 0.25) is 0 Å². The zero-order valence-corrected chi connectivity index (χ0v) is 8.75. The molecule has 1 saturated heterocycles. The second kappa shape index (κ2) is 5.98. The number of carbonyl (C=O) groups excluding carboxylic acids is 1. The van der Waals surface area contributed by atoms with Crippen LogP contribution in [0, 0.1) is 5.92 Å². The standard InChI is InChI=1S/C10H20N2O2/c1-8(7-13)12-10(14)6-9-2-4-11-5-3-9/h8-9,11,13H,2-7H2,1H3,(H,12,14)/t8-/m1/s1. The topological polar surface area (TPSA) is 61.4 Å². The van der Waals surface area contributed by atoms with Gasteiger partial charge in [0.25, 0.3) is 0 Å². The molecule has 0 unspecified atom stereocenters. The molecule has 0 spiro atoms. The van der Waals surface area contributed by atoms with Gasteiger partial charge in [0, 0.05) is 12.5 Å². The monoisotopic (exact) mass is 200 g/mol. The maximum Gasteiger partial charge on any atom is 0.220 e. The Morgan fingerprint density at radius 2 is 2.21 bits per heavy atom. The Balaban J connectivity index is 2.18. The molecule has 1 aliphatic rings. The largest absolute Gasteiger partial charge is 0.394 e. The molecule has 1 atom stereocenters. The van der Waals surface area contributed by atoms with Crippen LogP contribution in [0.25, 0.3) is 0 Å². The smallest absolute Gasteiger partial charge is 0.220 e. The predicted molar refractivity (Wildman–Crippen MR) is 54.9 cm³/mol. The molecule has 0 aromatic heterocycles. The van der Waals surface area contributed by atoms with E-state index in [2.05, 4.69) is 10.6 Å². The van der Waals surface area contributed by atoms with Crippen LogP contribution in [0.1, 0.15) is 26.2 Å². The van der Waals surface area contributed by atoms with Gasteiger partial charge in [0.05, 0.1) is 6.61 Å². The van der Waals surface area contributed by atoms with Gasteiger partial charge in [0.15, 0.2) is 0 Å². The molecule has 0 aromatic rings. The van der Waals surface area contributed by atoms with Crippen LogP contribution in [0.3, 0.4) is 0 Å². The molecule has 82 valence electrons. The van der Waals surface area contributed by atoms with Gasteiger partial charge in [-0.15, -0.1) is 0 Å². The first kappa shape index (κ1) is 11.5. The van der Waals surface area contributed by atoms with Crippen LogP contribution in [0.4, 0.5) is 0 Å². The highest BCUT2D eigenvalue weighted by molar-refractivity contribution is 5.76. The zero-order valence-electron chi connectivity index (χ0n) is 8.75. The Hall–Kier alpha value is -0.610. The SMILES string of the molecule is C[C@H](CO)NC(=O)CC1CCNCC1. The molecule has 0 saturated carbocycles. The third-order valence-electron chi connectivity index (χ3n) is 2.61. The molecule has 0 radical (unpaired) electrons. The quantitative estimate of drug-likeness (QED) is 0.592. The lowest BCUT2D eigenvalue weighted by molar-refractivity contribution is -0.123. The van der Waals surface area contributed by atoms with E-state index < -0.39 is 0 Å². The minimum absolute atomic E-state index is 0.0119. The molecule has 1 rings (SSSR count). The number of nitrogens with one attached hydrogen (secondary N) is 2. The Morgan fingerprint density at radius 3 is 2.79 bits per heavy atom. The van der Waals surface area contributed by atoms with Crippen LogP contribution < -0.4 is 10.6 Å². The summed E-state index contributed by atoms with van der Waals surface area (Å²) in [7, 11) is 0. The summed E-state index contributed by atoms with van der Waals surface area (Å²) < 4.78 is 0. The molecule has 14 heavy (non-hydrogen) atoms. The number of rotatable bonds is 4. The van der Waals surface area contributed by atoms with Gasteiger partial charge in [-0.3, -0.25) is 4.79 Å². The minimum Gasteiger partial charge on any atom is -0.394 e. The number of piperidine rings is 1. The fraction of sp³-hybridized carbons (Fsp3) is 0.900. The summed E-state index contributed by atoms with van der Waals surface area (Å²) in [6, 6.07) is -0.121. The summed E-state index contributed by atoms with van der Waals surface area (Å²) in [6.07, 6.45) is 2.77. The van der Waals surface area contributed by atoms with Gasteiger partial charge in [0.2, 0.25) is 5.91 Å². The number of amides is 1. The van der Waals surface area contributed by atoms with Crippen molar-refractivity contribution in [2.24, 2.45) is 5.92 Å². The van der Waals surface area contributed by atoms with E-state index in [-0.39, 0.29) is 18.6 Å². The Bertz CT molecular complexity index is 179. The molecule has 1 heterocycles. The van der Waals surface area contributed by atoms with Gasteiger partial charge in [-0.2, -0.15) is 0 Å². The van der Waals surface area contributed by atoms with Crippen LogP contribution >= 0.6 is 0 Å². The van der Waals surface area contributed by atoms with Crippen LogP contribution in [0.5, 0.6) is 0 Å². The first-order valence-electron chi connectivity index (χ1n) is 5.33. The number of aliphatic hydroxyl groups excluding tert-OH is 1. The van der Waals surface area contributed by atoms with Crippen molar-refractivity contribution in [3.63, 3.8) is 0 Å². The van der Waals surface area contributed by atoms with E-state index in [9.17, 15) is 4.79 Å². The summed E-state index contributed by atoms with van der Waals surface area (Å²) in [5.74, 6) is 0.584. The van der Waals surface area contributed by atoms with Gasteiger partial charge >= 0.3 is 0 Å². The molecule has 1 fully saturated rings. The second-order valence-electron chi connectivity index (χ2n) is 4.05. The van der Waals surface area contributed by atoms with Crippen molar-refractivity contribution >= 4 is 5.91 Å². The summed E-state index contributed by atoms with van der Waals surface area (Å²) >= 11 is 0. The van der Waals surface area contributed by atoms with E-state index in [1.807, 2.05) is 0 Å². The average Bonchev–Trinajstić information content (AvgIpc) is 2.19. The molecule has 4 heteroatoms. The van der Waals surface area contributed by atoms with Crippen molar-refractivity contribution in [1.82, 2.24) is 10.6 Å². The summed E-state index contributed by atoms with van der Waals surface area (Å²) in [5, 5.41) is 14.8. The molecule has 0 aromatic carbocycles. The Labute approximate surface area is 85.1 Å². The highest BCUT2D eigenvalue weighted by Crippen LogP contribution is 2.15. The fourth-order valence-electron chi connectivity index (χ4n) is 1.73.